The molecule has 0 spiro atoms. The molecular formula is C13H30N2. The third-order valence-corrected chi connectivity index (χ3v) is 2.53. The van der Waals surface area contributed by atoms with Crippen molar-refractivity contribution in [3.8, 4) is 0 Å². The van der Waals surface area contributed by atoms with Gasteiger partial charge in [-0.2, -0.15) is 0 Å². The lowest BCUT2D eigenvalue weighted by Gasteiger charge is -2.28. The minimum atomic E-state index is 0.274. The molecule has 0 aliphatic carbocycles. The molecular weight excluding hydrogens is 184 g/mol. The molecule has 1 aliphatic heterocycles. The Morgan fingerprint density at radius 3 is 2.00 bits per heavy atom. The standard InChI is InChI=1S/C11H24N2.C2H6/c1-11(2,3)12-7-10-13-8-5-4-6-9-13;1-2/h12H,4-10H2,1-3H3;1-2H3. The van der Waals surface area contributed by atoms with Gasteiger partial charge in [-0.15, -0.1) is 0 Å². The van der Waals surface area contributed by atoms with Gasteiger partial charge in [-0.3, -0.25) is 0 Å². The first-order chi connectivity index (χ1) is 7.08. The molecule has 0 bridgehead atoms. The van der Waals surface area contributed by atoms with Crippen molar-refractivity contribution in [3.63, 3.8) is 0 Å². The van der Waals surface area contributed by atoms with E-state index in [1.807, 2.05) is 13.8 Å². The fourth-order valence-electron chi connectivity index (χ4n) is 1.77. The van der Waals surface area contributed by atoms with E-state index in [0.717, 1.165) is 6.54 Å². The van der Waals surface area contributed by atoms with Crippen molar-refractivity contribution in [3.05, 3.63) is 0 Å². The molecule has 0 aromatic carbocycles. The highest BCUT2D eigenvalue weighted by Gasteiger charge is 2.11. The fraction of sp³-hybridized carbons (Fsp3) is 1.00. The average molecular weight is 214 g/mol. The summed E-state index contributed by atoms with van der Waals surface area (Å²) >= 11 is 0. The number of likely N-dealkylation sites (tertiary alicyclic amines) is 1. The molecule has 0 amide bonds. The van der Waals surface area contributed by atoms with Crippen molar-refractivity contribution >= 4 is 0 Å². The first-order valence-corrected chi connectivity index (χ1v) is 6.55. The molecule has 2 heteroatoms. The lowest BCUT2D eigenvalue weighted by atomic mass is 10.1. The Balaban J connectivity index is 0.000000921. The maximum absolute atomic E-state index is 3.53. The maximum Gasteiger partial charge on any atom is 0.0107 e. The highest BCUT2D eigenvalue weighted by atomic mass is 15.1. The van der Waals surface area contributed by atoms with Crippen molar-refractivity contribution in [2.45, 2.75) is 59.4 Å². The van der Waals surface area contributed by atoms with Gasteiger partial charge in [0.25, 0.3) is 0 Å². The van der Waals surface area contributed by atoms with Crippen LogP contribution in [0.1, 0.15) is 53.9 Å². The van der Waals surface area contributed by atoms with Crippen LogP contribution in [0.2, 0.25) is 0 Å². The van der Waals surface area contributed by atoms with Crippen LogP contribution >= 0.6 is 0 Å². The van der Waals surface area contributed by atoms with Crippen molar-refractivity contribution < 1.29 is 0 Å². The molecule has 1 aliphatic rings. The van der Waals surface area contributed by atoms with Crippen molar-refractivity contribution in [1.82, 2.24) is 10.2 Å². The molecule has 0 aromatic rings. The van der Waals surface area contributed by atoms with Gasteiger partial charge in [0.15, 0.2) is 0 Å². The summed E-state index contributed by atoms with van der Waals surface area (Å²) in [5.74, 6) is 0. The Labute approximate surface area is 96.4 Å². The molecule has 1 N–H and O–H groups in total. The minimum Gasteiger partial charge on any atom is -0.311 e. The number of nitrogens with one attached hydrogen (secondary N) is 1. The molecule has 0 unspecified atom stereocenters. The van der Waals surface area contributed by atoms with Gasteiger partial charge >= 0.3 is 0 Å². The molecule has 0 radical (unpaired) electrons. The first-order valence-electron chi connectivity index (χ1n) is 6.55. The van der Waals surface area contributed by atoms with Crippen LogP contribution in [0, 0.1) is 0 Å². The van der Waals surface area contributed by atoms with Gasteiger partial charge in [-0.1, -0.05) is 20.3 Å². The SMILES string of the molecule is CC.CC(C)(C)NCCN1CCCCC1. The van der Waals surface area contributed by atoms with Gasteiger partial charge in [0, 0.05) is 18.6 Å². The van der Waals surface area contributed by atoms with Gasteiger partial charge in [0.1, 0.15) is 0 Å². The van der Waals surface area contributed by atoms with Gasteiger partial charge in [-0.05, 0) is 46.7 Å². The summed E-state index contributed by atoms with van der Waals surface area (Å²) in [4.78, 5) is 2.57. The maximum atomic E-state index is 3.53. The molecule has 92 valence electrons. The quantitative estimate of drug-likeness (QED) is 0.777. The molecule has 0 aromatic heterocycles. The Bertz CT molecular complexity index is 132. The lowest BCUT2D eigenvalue weighted by molar-refractivity contribution is 0.222. The van der Waals surface area contributed by atoms with E-state index in [0.29, 0.717) is 0 Å². The summed E-state index contributed by atoms with van der Waals surface area (Å²) in [5, 5.41) is 3.53. The molecule has 0 atom stereocenters. The van der Waals surface area contributed by atoms with Crippen LogP contribution in [0.25, 0.3) is 0 Å². The van der Waals surface area contributed by atoms with Gasteiger partial charge in [0.2, 0.25) is 0 Å². The molecule has 1 heterocycles. The zero-order valence-corrected chi connectivity index (χ0v) is 11.4. The van der Waals surface area contributed by atoms with Crippen LogP contribution in [0.15, 0.2) is 0 Å². The summed E-state index contributed by atoms with van der Waals surface area (Å²) in [6.07, 6.45) is 4.23. The Morgan fingerprint density at radius 2 is 1.53 bits per heavy atom. The number of hydrogen-bond donors (Lipinski definition) is 1. The van der Waals surface area contributed by atoms with E-state index in [9.17, 15) is 0 Å². The minimum absolute atomic E-state index is 0.274. The third kappa shape index (κ3) is 8.88. The zero-order valence-electron chi connectivity index (χ0n) is 11.4. The summed E-state index contributed by atoms with van der Waals surface area (Å²) in [6.45, 7) is 15.6. The van der Waals surface area contributed by atoms with E-state index >= 15 is 0 Å². The lowest BCUT2D eigenvalue weighted by Crippen LogP contribution is -2.42. The van der Waals surface area contributed by atoms with Crippen LogP contribution in [0.3, 0.4) is 0 Å². The van der Waals surface area contributed by atoms with Crippen LogP contribution in [-0.4, -0.2) is 36.6 Å². The number of nitrogens with zero attached hydrogens (tertiary/aromatic N) is 1. The predicted molar refractivity (Wildman–Crippen MR) is 69.4 cm³/mol. The van der Waals surface area contributed by atoms with E-state index in [2.05, 4.69) is 31.0 Å². The highest BCUT2D eigenvalue weighted by molar-refractivity contribution is 4.72. The van der Waals surface area contributed by atoms with Gasteiger partial charge in [-0.25, -0.2) is 0 Å². The van der Waals surface area contributed by atoms with Crippen LogP contribution in [0.4, 0.5) is 0 Å². The summed E-state index contributed by atoms with van der Waals surface area (Å²) in [5.41, 5.74) is 0.274. The summed E-state index contributed by atoms with van der Waals surface area (Å²) in [6, 6.07) is 0. The van der Waals surface area contributed by atoms with Crippen molar-refractivity contribution in [2.75, 3.05) is 26.2 Å². The predicted octanol–water partition coefficient (Wildman–Crippen LogP) is 2.89. The largest absolute Gasteiger partial charge is 0.311 e. The molecule has 0 saturated carbocycles. The normalized spacial score (nSPS) is 18.2. The Hall–Kier alpha value is -0.0800. The highest BCUT2D eigenvalue weighted by Crippen LogP contribution is 2.07. The van der Waals surface area contributed by atoms with E-state index in [1.54, 1.807) is 0 Å². The third-order valence-electron chi connectivity index (χ3n) is 2.53. The van der Waals surface area contributed by atoms with Crippen LogP contribution < -0.4 is 5.32 Å². The van der Waals surface area contributed by atoms with Crippen LogP contribution in [0.5, 0.6) is 0 Å². The second kappa shape index (κ2) is 8.12. The van der Waals surface area contributed by atoms with Crippen molar-refractivity contribution in [2.24, 2.45) is 0 Å². The second-order valence-corrected chi connectivity index (χ2v) is 5.08. The molecule has 2 nitrogen and oxygen atoms in total. The zero-order chi connectivity index (χ0) is 11.7. The fourth-order valence-corrected chi connectivity index (χ4v) is 1.77. The molecule has 1 fully saturated rings. The van der Waals surface area contributed by atoms with Gasteiger partial charge < -0.3 is 10.2 Å². The van der Waals surface area contributed by atoms with Crippen LogP contribution in [-0.2, 0) is 0 Å². The monoisotopic (exact) mass is 214 g/mol. The van der Waals surface area contributed by atoms with E-state index < -0.39 is 0 Å². The molecule has 1 rings (SSSR count). The smallest absolute Gasteiger partial charge is 0.0107 e. The Kier molecular flexibility index (Phi) is 8.07. The van der Waals surface area contributed by atoms with E-state index in [4.69, 9.17) is 0 Å². The number of rotatable bonds is 3. The molecule has 1 saturated heterocycles. The summed E-state index contributed by atoms with van der Waals surface area (Å²) in [7, 11) is 0. The van der Waals surface area contributed by atoms with E-state index in [1.165, 1.54) is 38.9 Å². The topological polar surface area (TPSA) is 15.3 Å². The number of piperidine rings is 1. The Morgan fingerprint density at radius 1 is 1.00 bits per heavy atom. The average Bonchev–Trinajstić information content (AvgIpc) is 2.20. The van der Waals surface area contributed by atoms with Gasteiger partial charge in [0.05, 0.1) is 0 Å². The van der Waals surface area contributed by atoms with Crippen molar-refractivity contribution in [1.29, 1.82) is 0 Å². The first kappa shape index (κ1) is 14.9. The second-order valence-electron chi connectivity index (χ2n) is 5.08. The van der Waals surface area contributed by atoms with E-state index in [-0.39, 0.29) is 5.54 Å². The molecule has 15 heavy (non-hydrogen) atoms. The summed E-state index contributed by atoms with van der Waals surface area (Å²) < 4.78 is 0. The number of hydrogen-bond acceptors (Lipinski definition) is 2.